The third kappa shape index (κ3) is 3.17. The molecule has 34 heavy (non-hydrogen) atoms. The quantitative estimate of drug-likeness (QED) is 0.613. The molecule has 0 spiro atoms. The van der Waals surface area contributed by atoms with Gasteiger partial charge < -0.3 is 9.47 Å². The molecular formula is C26H25N5O3. The Morgan fingerprint density at radius 1 is 0.971 bits per heavy atom. The van der Waals surface area contributed by atoms with Crippen molar-refractivity contribution in [3.8, 4) is 22.5 Å². The van der Waals surface area contributed by atoms with E-state index in [0.717, 1.165) is 35.6 Å². The largest absolute Gasteiger partial charge is 0.333 e. The Balaban J connectivity index is 1.37. The van der Waals surface area contributed by atoms with Crippen molar-refractivity contribution in [3.05, 3.63) is 65.0 Å². The second-order valence-electron chi connectivity index (χ2n) is 9.44. The van der Waals surface area contributed by atoms with Crippen LogP contribution in [0.5, 0.6) is 0 Å². The minimum atomic E-state index is -0.615. The predicted molar refractivity (Wildman–Crippen MR) is 125 cm³/mol. The first-order valence-corrected chi connectivity index (χ1v) is 11.5. The summed E-state index contributed by atoms with van der Waals surface area (Å²) >= 11 is 0. The lowest BCUT2D eigenvalue weighted by Gasteiger charge is -2.29. The predicted octanol–water partition coefficient (Wildman–Crippen LogP) is 2.46. The number of carbonyl (C=O) groups excluding carboxylic acids is 3. The number of aryl methyl sites for hydroxylation is 1. The molecular weight excluding hydrogens is 430 g/mol. The monoisotopic (exact) mass is 455 g/mol. The summed E-state index contributed by atoms with van der Waals surface area (Å²) in [6, 6.07) is 11.6. The molecule has 3 aromatic rings. The number of carbonyl (C=O) groups is 3. The molecule has 8 nitrogen and oxygen atoms in total. The van der Waals surface area contributed by atoms with Gasteiger partial charge in [-0.25, -0.2) is 4.98 Å². The van der Waals surface area contributed by atoms with Crippen molar-refractivity contribution in [1.29, 1.82) is 0 Å². The number of nitrogens with zero attached hydrogens (tertiary/aromatic N) is 4. The summed E-state index contributed by atoms with van der Waals surface area (Å²) in [5.41, 5.74) is 8.20. The van der Waals surface area contributed by atoms with Gasteiger partial charge in [-0.3, -0.25) is 24.6 Å². The Morgan fingerprint density at radius 3 is 2.65 bits per heavy atom. The zero-order chi connectivity index (χ0) is 23.6. The average molecular weight is 456 g/mol. The molecule has 1 aromatic heterocycles. The van der Waals surface area contributed by atoms with E-state index in [4.69, 9.17) is 4.98 Å². The minimum absolute atomic E-state index is 0.166. The molecule has 0 bridgehead atoms. The van der Waals surface area contributed by atoms with E-state index in [9.17, 15) is 14.4 Å². The molecule has 0 aliphatic carbocycles. The molecule has 6 rings (SSSR count). The smallest absolute Gasteiger partial charge is 0.255 e. The number of rotatable bonds is 3. The maximum atomic E-state index is 13.1. The molecule has 2 aromatic carbocycles. The molecule has 172 valence electrons. The van der Waals surface area contributed by atoms with Crippen LogP contribution in [0.25, 0.3) is 22.5 Å². The lowest BCUT2D eigenvalue weighted by molar-refractivity contribution is -0.136. The SMILES string of the molecule is CN1Cc2cccc(-c3c(-c4ccc5c(c4)CN(C4CCC(=O)NC4=O)C5=O)ncn3C)c2C1. The molecule has 0 saturated carbocycles. The summed E-state index contributed by atoms with van der Waals surface area (Å²) in [4.78, 5) is 45.6. The van der Waals surface area contributed by atoms with Crippen molar-refractivity contribution in [2.75, 3.05) is 7.05 Å². The van der Waals surface area contributed by atoms with E-state index in [1.54, 1.807) is 4.90 Å². The molecule has 1 atom stereocenters. The number of nitrogens with one attached hydrogen (secondary N) is 1. The van der Waals surface area contributed by atoms with Crippen molar-refractivity contribution in [1.82, 2.24) is 24.7 Å². The molecule has 1 saturated heterocycles. The topological polar surface area (TPSA) is 87.5 Å². The van der Waals surface area contributed by atoms with Gasteiger partial charge in [0.25, 0.3) is 5.91 Å². The summed E-state index contributed by atoms with van der Waals surface area (Å²) in [7, 11) is 4.13. The first-order chi connectivity index (χ1) is 16.4. The Kier molecular flexibility index (Phi) is 4.67. The second-order valence-corrected chi connectivity index (χ2v) is 9.44. The van der Waals surface area contributed by atoms with E-state index in [1.807, 2.05) is 31.6 Å². The van der Waals surface area contributed by atoms with Crippen LogP contribution < -0.4 is 5.32 Å². The van der Waals surface area contributed by atoms with Crippen molar-refractivity contribution < 1.29 is 14.4 Å². The summed E-state index contributed by atoms with van der Waals surface area (Å²) in [5.74, 6) is -0.845. The van der Waals surface area contributed by atoms with Gasteiger partial charge >= 0.3 is 0 Å². The van der Waals surface area contributed by atoms with Gasteiger partial charge in [0, 0.05) is 49.8 Å². The summed E-state index contributed by atoms with van der Waals surface area (Å²) < 4.78 is 2.05. The number of fused-ring (bicyclic) bond motifs is 2. The standard InChI is InChI=1S/C26H25N5O3/c1-29-11-16-4-3-5-19(20(16)13-29)24-23(27-14-30(24)2)15-6-7-18-17(10-15)12-31(26(18)34)21-8-9-22(32)28-25(21)33/h3-7,10,14,21H,8-9,11-13H2,1-2H3,(H,28,32,33). The number of imidazole rings is 1. The number of hydrogen-bond donors (Lipinski definition) is 1. The van der Waals surface area contributed by atoms with Crippen LogP contribution in [0.1, 0.15) is 39.9 Å². The third-order valence-electron chi connectivity index (χ3n) is 7.13. The molecule has 8 heteroatoms. The molecule has 0 radical (unpaired) electrons. The minimum Gasteiger partial charge on any atom is -0.333 e. The van der Waals surface area contributed by atoms with Crippen LogP contribution in [-0.4, -0.2) is 50.2 Å². The fraction of sp³-hybridized carbons (Fsp3) is 0.308. The van der Waals surface area contributed by atoms with Gasteiger partial charge in [0.2, 0.25) is 11.8 Å². The summed E-state index contributed by atoms with van der Waals surface area (Å²) in [6.45, 7) is 2.19. The van der Waals surface area contributed by atoms with Crippen LogP contribution in [0, 0.1) is 0 Å². The van der Waals surface area contributed by atoms with Gasteiger partial charge in [-0.2, -0.15) is 0 Å². The Morgan fingerprint density at radius 2 is 1.82 bits per heavy atom. The molecule has 1 unspecified atom stereocenters. The normalized spacial score (nSPS) is 20.0. The van der Waals surface area contributed by atoms with E-state index in [2.05, 4.69) is 40.0 Å². The number of benzene rings is 2. The highest BCUT2D eigenvalue weighted by molar-refractivity contribution is 6.05. The van der Waals surface area contributed by atoms with Crippen molar-refractivity contribution in [2.45, 2.75) is 38.5 Å². The number of hydrogen-bond acceptors (Lipinski definition) is 5. The number of imide groups is 1. The van der Waals surface area contributed by atoms with Crippen LogP contribution in [0.4, 0.5) is 0 Å². The van der Waals surface area contributed by atoms with Crippen molar-refractivity contribution in [2.24, 2.45) is 7.05 Å². The lowest BCUT2D eigenvalue weighted by atomic mass is 9.96. The second kappa shape index (κ2) is 7.63. The van der Waals surface area contributed by atoms with Gasteiger partial charge in [0.1, 0.15) is 6.04 Å². The van der Waals surface area contributed by atoms with Crippen molar-refractivity contribution >= 4 is 17.7 Å². The van der Waals surface area contributed by atoms with Crippen LogP contribution in [0.15, 0.2) is 42.7 Å². The van der Waals surface area contributed by atoms with Gasteiger partial charge in [0.15, 0.2) is 0 Å². The van der Waals surface area contributed by atoms with Gasteiger partial charge in [-0.05, 0) is 42.3 Å². The molecule has 4 heterocycles. The van der Waals surface area contributed by atoms with E-state index >= 15 is 0 Å². The fourth-order valence-corrected chi connectivity index (χ4v) is 5.49. The Labute approximate surface area is 197 Å². The van der Waals surface area contributed by atoms with E-state index in [0.29, 0.717) is 18.5 Å². The van der Waals surface area contributed by atoms with Gasteiger partial charge in [0.05, 0.1) is 17.7 Å². The molecule has 3 aliphatic heterocycles. The van der Waals surface area contributed by atoms with E-state index in [-0.39, 0.29) is 18.2 Å². The maximum absolute atomic E-state index is 13.1. The Hall–Kier alpha value is -3.78. The number of piperidine rings is 1. The van der Waals surface area contributed by atoms with Gasteiger partial charge in [-0.1, -0.05) is 24.3 Å². The molecule has 3 amide bonds. The van der Waals surface area contributed by atoms with Gasteiger partial charge in [-0.15, -0.1) is 0 Å². The zero-order valence-corrected chi connectivity index (χ0v) is 19.2. The number of aromatic nitrogens is 2. The molecule has 3 aliphatic rings. The molecule has 1 fully saturated rings. The van der Waals surface area contributed by atoms with Crippen LogP contribution in [0.2, 0.25) is 0 Å². The van der Waals surface area contributed by atoms with E-state index < -0.39 is 11.9 Å². The Bertz CT molecular complexity index is 1370. The first kappa shape index (κ1) is 20.8. The highest BCUT2D eigenvalue weighted by Crippen LogP contribution is 2.38. The fourth-order valence-electron chi connectivity index (χ4n) is 5.49. The van der Waals surface area contributed by atoms with Crippen LogP contribution >= 0.6 is 0 Å². The lowest BCUT2D eigenvalue weighted by Crippen LogP contribution is -2.52. The first-order valence-electron chi connectivity index (χ1n) is 11.5. The van der Waals surface area contributed by atoms with Crippen LogP contribution in [-0.2, 0) is 36.3 Å². The summed E-state index contributed by atoms with van der Waals surface area (Å²) in [6.07, 6.45) is 2.43. The van der Waals surface area contributed by atoms with Crippen molar-refractivity contribution in [3.63, 3.8) is 0 Å². The highest BCUT2D eigenvalue weighted by Gasteiger charge is 2.39. The van der Waals surface area contributed by atoms with E-state index in [1.165, 1.54) is 16.7 Å². The summed E-state index contributed by atoms with van der Waals surface area (Å²) in [5, 5.41) is 2.35. The van der Waals surface area contributed by atoms with Crippen LogP contribution in [0.3, 0.4) is 0 Å². The highest BCUT2D eigenvalue weighted by atomic mass is 16.2. The average Bonchev–Trinajstić information content (AvgIpc) is 3.47. The maximum Gasteiger partial charge on any atom is 0.255 e. The third-order valence-corrected chi connectivity index (χ3v) is 7.13. The molecule has 1 N–H and O–H groups in total. The zero-order valence-electron chi connectivity index (χ0n) is 19.2. The number of amides is 3.